The number of fused-ring (bicyclic) bond motifs is 1. The quantitative estimate of drug-likeness (QED) is 0.405. The number of benzene rings is 1. The second-order valence-electron chi connectivity index (χ2n) is 8.33. The van der Waals surface area contributed by atoms with E-state index in [9.17, 15) is 9.59 Å². The zero-order valence-corrected chi connectivity index (χ0v) is 21.8. The number of thiophene rings is 1. The fraction of sp³-hybridized carbons (Fsp3) is 0.250. The predicted molar refractivity (Wildman–Crippen MR) is 143 cm³/mol. The molecule has 0 unspecified atom stereocenters. The first-order valence-corrected chi connectivity index (χ1v) is 12.7. The van der Waals surface area contributed by atoms with Crippen molar-refractivity contribution in [3.05, 3.63) is 67.2 Å². The van der Waals surface area contributed by atoms with Crippen LogP contribution in [0.3, 0.4) is 0 Å². The Morgan fingerprint density at radius 1 is 1.14 bits per heavy atom. The van der Waals surface area contributed by atoms with Gasteiger partial charge in [-0.05, 0) is 31.3 Å². The Morgan fingerprint density at radius 3 is 2.56 bits per heavy atom. The van der Waals surface area contributed by atoms with Gasteiger partial charge in [-0.25, -0.2) is 4.98 Å². The third kappa shape index (κ3) is 4.64. The molecular weight excluding hydrogens is 523 g/mol. The van der Waals surface area contributed by atoms with E-state index >= 15 is 0 Å². The van der Waals surface area contributed by atoms with Gasteiger partial charge in [0.1, 0.15) is 7.11 Å². The first-order valence-electron chi connectivity index (χ1n) is 11.1. The van der Waals surface area contributed by atoms with Gasteiger partial charge in [-0.1, -0.05) is 29.3 Å². The third-order valence-corrected chi connectivity index (χ3v) is 7.52. The number of rotatable bonds is 5. The number of likely N-dealkylation sites (N-methyl/N-ethyl adjacent to an activating group) is 1. The Labute approximate surface area is 220 Å². The molecular formula is C24H22Cl2N6O3S. The van der Waals surface area contributed by atoms with Crippen molar-refractivity contribution in [1.29, 1.82) is 0 Å². The minimum atomic E-state index is -0.458. The maximum absolute atomic E-state index is 13.2. The summed E-state index contributed by atoms with van der Waals surface area (Å²) in [6.07, 6.45) is 1.58. The Morgan fingerprint density at radius 2 is 1.86 bits per heavy atom. The van der Waals surface area contributed by atoms with E-state index < -0.39 is 5.56 Å². The lowest BCUT2D eigenvalue weighted by Crippen LogP contribution is -2.46. The number of aromatic nitrogens is 3. The van der Waals surface area contributed by atoms with E-state index in [1.807, 2.05) is 17.3 Å². The van der Waals surface area contributed by atoms with E-state index in [4.69, 9.17) is 28.0 Å². The number of piperazine rings is 1. The molecule has 0 atom stereocenters. The van der Waals surface area contributed by atoms with Gasteiger partial charge in [-0.3, -0.25) is 9.59 Å². The van der Waals surface area contributed by atoms with Crippen molar-refractivity contribution in [2.75, 3.05) is 45.7 Å². The molecule has 1 N–H and O–H groups in total. The number of carbonyl (C=O) groups excluding carboxylic acids is 1. The summed E-state index contributed by atoms with van der Waals surface area (Å²) in [6, 6.07) is 8.46. The predicted octanol–water partition coefficient (Wildman–Crippen LogP) is 4.02. The Kier molecular flexibility index (Phi) is 6.85. The van der Waals surface area contributed by atoms with Crippen LogP contribution in [-0.2, 0) is 0 Å². The molecule has 12 heteroatoms. The van der Waals surface area contributed by atoms with Gasteiger partial charge < -0.3 is 20.0 Å². The van der Waals surface area contributed by atoms with Crippen molar-refractivity contribution in [1.82, 2.24) is 24.5 Å². The summed E-state index contributed by atoms with van der Waals surface area (Å²) in [5.41, 5.74) is 1.18. The number of amides is 1. The van der Waals surface area contributed by atoms with Crippen LogP contribution < -0.4 is 15.7 Å². The fourth-order valence-corrected chi connectivity index (χ4v) is 5.45. The molecule has 0 spiro atoms. The zero-order valence-electron chi connectivity index (χ0n) is 19.5. The van der Waals surface area contributed by atoms with E-state index in [2.05, 4.69) is 20.2 Å². The highest BCUT2D eigenvalue weighted by molar-refractivity contribution is 7.12. The van der Waals surface area contributed by atoms with Crippen LogP contribution in [0.25, 0.3) is 22.2 Å². The van der Waals surface area contributed by atoms with Crippen molar-refractivity contribution in [2.24, 2.45) is 0 Å². The van der Waals surface area contributed by atoms with Crippen LogP contribution >= 0.6 is 34.5 Å². The maximum atomic E-state index is 13.2. The minimum absolute atomic E-state index is 0.0135. The number of pyridine rings is 1. The molecule has 1 saturated heterocycles. The molecule has 1 aliphatic heterocycles. The monoisotopic (exact) mass is 544 g/mol. The number of hydrogen-bond donors (Lipinski definition) is 1. The van der Waals surface area contributed by atoms with Gasteiger partial charge in [0.25, 0.3) is 11.5 Å². The summed E-state index contributed by atoms with van der Waals surface area (Å²) in [5.74, 6) is 0.271. The lowest BCUT2D eigenvalue weighted by Gasteiger charge is -2.32. The SMILES string of the molecule is COn1c(=O)c(-c2c(Cl)cccc2Cl)cc2cnc(Nc3csc(C(=O)N4CCN(C)CC4)c3)nc21. The van der Waals surface area contributed by atoms with Gasteiger partial charge in [-0.2, -0.15) is 4.98 Å². The number of nitrogens with zero attached hydrogens (tertiary/aromatic N) is 5. The van der Waals surface area contributed by atoms with Gasteiger partial charge in [-0.15, -0.1) is 16.1 Å². The minimum Gasteiger partial charge on any atom is -0.412 e. The molecule has 186 valence electrons. The number of halogens is 2. The van der Waals surface area contributed by atoms with E-state index in [0.29, 0.717) is 44.6 Å². The van der Waals surface area contributed by atoms with Gasteiger partial charge in [0.05, 0.1) is 26.2 Å². The van der Waals surface area contributed by atoms with Crippen molar-refractivity contribution < 1.29 is 9.63 Å². The highest BCUT2D eigenvalue weighted by atomic mass is 35.5. The molecule has 5 rings (SSSR count). The summed E-state index contributed by atoms with van der Waals surface area (Å²) < 4.78 is 1.08. The normalized spacial score (nSPS) is 14.3. The molecule has 4 heterocycles. The summed E-state index contributed by atoms with van der Waals surface area (Å²) in [6.45, 7) is 3.14. The summed E-state index contributed by atoms with van der Waals surface area (Å²) in [7, 11) is 3.43. The second-order valence-corrected chi connectivity index (χ2v) is 10.1. The van der Waals surface area contributed by atoms with E-state index in [-0.39, 0.29) is 23.1 Å². The van der Waals surface area contributed by atoms with Crippen LogP contribution in [0.2, 0.25) is 10.0 Å². The molecule has 36 heavy (non-hydrogen) atoms. The van der Waals surface area contributed by atoms with Crippen molar-refractivity contribution in [3.63, 3.8) is 0 Å². The van der Waals surface area contributed by atoms with Crippen LogP contribution in [0, 0.1) is 0 Å². The van der Waals surface area contributed by atoms with Gasteiger partial charge >= 0.3 is 0 Å². The third-order valence-electron chi connectivity index (χ3n) is 5.97. The smallest absolute Gasteiger partial charge is 0.293 e. The average molecular weight is 545 g/mol. The van der Waals surface area contributed by atoms with E-state index in [0.717, 1.165) is 17.8 Å². The molecule has 0 aliphatic carbocycles. The van der Waals surface area contributed by atoms with Crippen LogP contribution in [-0.4, -0.2) is 70.7 Å². The van der Waals surface area contributed by atoms with Gasteiger partial charge in [0.15, 0.2) is 5.65 Å². The molecule has 4 aromatic rings. The summed E-state index contributed by atoms with van der Waals surface area (Å²) >= 11 is 14.0. The molecule has 0 saturated carbocycles. The topological polar surface area (TPSA) is 92.6 Å². The zero-order chi connectivity index (χ0) is 25.4. The highest BCUT2D eigenvalue weighted by Gasteiger charge is 2.22. The van der Waals surface area contributed by atoms with Gasteiger partial charge in [0, 0.05) is 48.7 Å². The number of nitrogens with one attached hydrogen (secondary N) is 1. The largest absolute Gasteiger partial charge is 0.412 e. The molecule has 9 nitrogen and oxygen atoms in total. The maximum Gasteiger partial charge on any atom is 0.293 e. The van der Waals surface area contributed by atoms with Crippen LogP contribution in [0.5, 0.6) is 0 Å². The lowest BCUT2D eigenvalue weighted by atomic mass is 10.1. The molecule has 3 aromatic heterocycles. The standard InChI is InChI=1S/C24H22Cl2N6O3S/c1-30-6-8-31(9-7-30)23(34)19-11-15(13-36-19)28-24-27-12-14-10-16(20-17(25)4-3-5-18(20)26)22(33)32(35-2)21(14)29-24/h3-5,10-13H,6-9H2,1-2H3,(H,27,28,29). The highest BCUT2D eigenvalue weighted by Crippen LogP contribution is 2.34. The molecule has 1 aliphatic rings. The second kappa shape index (κ2) is 10.1. The molecule has 0 radical (unpaired) electrons. The Hall–Kier alpha value is -3.18. The molecule has 1 amide bonds. The first kappa shape index (κ1) is 24.5. The molecule has 1 aromatic carbocycles. The number of carbonyl (C=O) groups is 1. The Bertz CT molecular complexity index is 1490. The fourth-order valence-electron chi connectivity index (χ4n) is 4.04. The van der Waals surface area contributed by atoms with Crippen LogP contribution in [0.1, 0.15) is 9.67 Å². The number of anilines is 2. The van der Waals surface area contributed by atoms with Crippen molar-refractivity contribution >= 4 is 63.1 Å². The van der Waals surface area contributed by atoms with Crippen LogP contribution in [0.4, 0.5) is 11.6 Å². The Balaban J connectivity index is 1.44. The number of hydrogen-bond acceptors (Lipinski definition) is 8. The van der Waals surface area contributed by atoms with Crippen molar-refractivity contribution in [2.45, 2.75) is 0 Å². The lowest BCUT2D eigenvalue weighted by molar-refractivity contribution is 0.0669. The molecule has 1 fully saturated rings. The summed E-state index contributed by atoms with van der Waals surface area (Å²) in [4.78, 5) is 45.0. The summed E-state index contributed by atoms with van der Waals surface area (Å²) in [5, 5.41) is 6.20. The van der Waals surface area contributed by atoms with Crippen LogP contribution in [0.15, 0.2) is 46.7 Å². The first-order chi connectivity index (χ1) is 17.4. The van der Waals surface area contributed by atoms with E-state index in [1.165, 1.54) is 18.4 Å². The molecule has 0 bridgehead atoms. The van der Waals surface area contributed by atoms with E-state index in [1.54, 1.807) is 36.5 Å². The average Bonchev–Trinajstić information content (AvgIpc) is 3.33. The van der Waals surface area contributed by atoms with Gasteiger partial charge in [0.2, 0.25) is 5.95 Å². The van der Waals surface area contributed by atoms with Crippen molar-refractivity contribution in [3.8, 4) is 11.1 Å².